The molecule has 3 aliphatic rings. The summed E-state index contributed by atoms with van der Waals surface area (Å²) in [6.07, 6.45) is 9.07. The zero-order chi connectivity index (χ0) is 25.3. The molecule has 0 spiro atoms. The smallest absolute Gasteiger partial charge is 0.130 e. The van der Waals surface area contributed by atoms with Crippen molar-refractivity contribution >= 4 is 46.4 Å². The molecule has 6 heterocycles. The van der Waals surface area contributed by atoms with Crippen LogP contribution in [0.5, 0.6) is 11.5 Å². The molecule has 3 aliphatic heterocycles. The minimum atomic E-state index is 0.939. The van der Waals surface area contributed by atoms with Gasteiger partial charge in [0.2, 0.25) is 0 Å². The average molecular weight is 493 g/mol. The second-order valence-corrected chi connectivity index (χ2v) is 9.40. The molecule has 5 heteroatoms. The van der Waals surface area contributed by atoms with E-state index in [2.05, 4.69) is 68.5 Å². The van der Waals surface area contributed by atoms with E-state index in [-0.39, 0.29) is 0 Å². The first-order valence-electron chi connectivity index (χ1n) is 12.6. The van der Waals surface area contributed by atoms with Gasteiger partial charge in [-0.2, -0.15) is 0 Å². The Morgan fingerprint density at radius 1 is 0.474 bits per heavy atom. The topological polar surface area (TPSA) is 66.6 Å². The monoisotopic (exact) mass is 492 g/mol. The highest BCUT2D eigenvalue weighted by atomic mass is 16.5. The molecule has 2 aromatic carbocycles. The Hall–Kier alpha value is -5.16. The van der Waals surface area contributed by atoms with E-state index in [9.17, 15) is 0 Å². The second kappa shape index (κ2) is 9.37. The number of nitrogens with zero attached hydrogens (tertiary/aromatic N) is 2. The van der Waals surface area contributed by atoms with Gasteiger partial charge in [-0.25, -0.2) is 9.97 Å². The third-order valence-corrected chi connectivity index (χ3v) is 6.59. The maximum absolute atomic E-state index is 5.78. The van der Waals surface area contributed by atoms with Crippen LogP contribution in [0, 0.1) is 0 Å². The van der Waals surface area contributed by atoms with Crippen molar-refractivity contribution in [2.75, 3.05) is 0 Å². The lowest BCUT2D eigenvalue weighted by atomic mass is 10.0. The summed E-state index contributed by atoms with van der Waals surface area (Å²) in [6.45, 7) is 0. The van der Waals surface area contributed by atoms with Gasteiger partial charge in [0, 0.05) is 28.5 Å². The van der Waals surface area contributed by atoms with E-state index in [4.69, 9.17) is 4.74 Å². The Morgan fingerprint density at radius 3 is 1.24 bits per heavy atom. The van der Waals surface area contributed by atoms with Gasteiger partial charge in [-0.15, -0.1) is 0 Å². The number of fused-ring (bicyclic) bond motifs is 10. The summed E-state index contributed by atoms with van der Waals surface area (Å²) >= 11 is 0. The minimum absolute atomic E-state index is 0.939. The van der Waals surface area contributed by atoms with E-state index in [1.807, 2.05) is 72.8 Å². The molecule has 0 radical (unpaired) electrons. The number of hydrogen-bond donors (Lipinski definition) is 2. The number of aromatic amines is 2. The fourth-order valence-corrected chi connectivity index (χ4v) is 4.77. The Kier molecular flexibility index (Phi) is 5.44. The van der Waals surface area contributed by atoms with Gasteiger partial charge in [0.1, 0.15) is 11.5 Å². The molecule has 0 atom stereocenters. The Morgan fingerprint density at radius 2 is 0.842 bits per heavy atom. The van der Waals surface area contributed by atoms with Crippen molar-refractivity contribution in [3.63, 3.8) is 0 Å². The number of nitrogens with one attached hydrogen (secondary N) is 2. The van der Waals surface area contributed by atoms with Crippen LogP contribution in [0.3, 0.4) is 0 Å². The number of rotatable bonds is 0. The molecule has 5 nitrogen and oxygen atoms in total. The van der Waals surface area contributed by atoms with Crippen LogP contribution in [0.25, 0.3) is 46.4 Å². The second-order valence-electron chi connectivity index (χ2n) is 9.40. The van der Waals surface area contributed by atoms with Crippen LogP contribution in [0.1, 0.15) is 33.9 Å². The number of aromatic nitrogens is 4. The summed E-state index contributed by atoms with van der Waals surface area (Å²) in [7, 11) is 0. The quantitative estimate of drug-likeness (QED) is 0.225. The van der Waals surface area contributed by atoms with Crippen molar-refractivity contribution in [2.45, 2.75) is 6.42 Å². The van der Waals surface area contributed by atoms with E-state index < -0.39 is 0 Å². The van der Waals surface area contributed by atoms with Crippen molar-refractivity contribution in [3.8, 4) is 11.5 Å². The molecule has 5 aromatic rings. The van der Waals surface area contributed by atoms with Crippen LogP contribution in [0.4, 0.5) is 0 Å². The standard InChI is InChI=1S/C20H14N4.C13H10O/c1-2-14-10-16-5-6-18(23-16)12-20-8-7-19(24-20)11-17-4-3-15(22-17)9-13(1)21-14;1-3-7-12-10(5-1)9-11-6-2-4-8-13(11)14-12/h1-12,21,24H;1-8H,9H2. The van der Waals surface area contributed by atoms with E-state index >= 15 is 0 Å². The molecule has 38 heavy (non-hydrogen) atoms. The number of ether oxygens (including phenoxy) is 1. The molecule has 3 aromatic heterocycles. The SMILES string of the molecule is C1=Cc2cc3ccc(cc4nc(cc5ccc(cc1n2)[nH]5)C=C4)[nH]3.c1ccc2c(c1)Cc1ccccc1O2. The van der Waals surface area contributed by atoms with Crippen molar-refractivity contribution in [2.24, 2.45) is 0 Å². The van der Waals surface area contributed by atoms with Gasteiger partial charge in [0.05, 0.1) is 22.8 Å². The largest absolute Gasteiger partial charge is 0.457 e. The van der Waals surface area contributed by atoms with Gasteiger partial charge in [-0.1, -0.05) is 36.4 Å². The maximum Gasteiger partial charge on any atom is 0.130 e. The molecule has 2 N–H and O–H groups in total. The Bertz CT molecular complexity index is 1630. The summed E-state index contributed by atoms with van der Waals surface area (Å²) in [5, 5.41) is 0. The highest BCUT2D eigenvalue weighted by molar-refractivity contribution is 5.77. The summed E-state index contributed by atoms with van der Waals surface area (Å²) in [5.41, 5.74) is 10.4. The first kappa shape index (κ1) is 22.1. The van der Waals surface area contributed by atoms with Gasteiger partial charge < -0.3 is 14.7 Å². The van der Waals surface area contributed by atoms with Crippen LogP contribution >= 0.6 is 0 Å². The van der Waals surface area contributed by atoms with Crippen LogP contribution in [0.2, 0.25) is 0 Å². The normalized spacial score (nSPS) is 12.6. The van der Waals surface area contributed by atoms with Gasteiger partial charge in [-0.3, -0.25) is 0 Å². The van der Waals surface area contributed by atoms with Crippen LogP contribution < -0.4 is 4.74 Å². The molecule has 182 valence electrons. The lowest BCUT2D eigenvalue weighted by molar-refractivity contribution is 0.460. The molecule has 0 fully saturated rings. The Labute approximate surface area is 219 Å². The zero-order valence-electron chi connectivity index (χ0n) is 20.6. The van der Waals surface area contributed by atoms with E-state index in [1.54, 1.807) is 0 Å². The molecule has 8 bridgehead atoms. The Balaban J connectivity index is 0.000000147. The average Bonchev–Trinajstić information content (AvgIpc) is 3.74. The fourth-order valence-electron chi connectivity index (χ4n) is 4.77. The third-order valence-electron chi connectivity index (χ3n) is 6.59. The van der Waals surface area contributed by atoms with Crippen molar-refractivity contribution < 1.29 is 4.74 Å². The van der Waals surface area contributed by atoms with Crippen LogP contribution in [-0.2, 0) is 6.42 Å². The van der Waals surface area contributed by atoms with E-state index in [0.29, 0.717) is 0 Å². The minimum Gasteiger partial charge on any atom is -0.457 e. The molecule has 0 unspecified atom stereocenters. The van der Waals surface area contributed by atoms with Gasteiger partial charge in [0.15, 0.2) is 0 Å². The third kappa shape index (κ3) is 4.65. The number of hydrogen-bond acceptors (Lipinski definition) is 3. The molecule has 0 saturated heterocycles. The van der Waals surface area contributed by atoms with Gasteiger partial charge in [0.25, 0.3) is 0 Å². The summed E-state index contributed by atoms with van der Waals surface area (Å²) in [6, 6.07) is 32.7. The van der Waals surface area contributed by atoms with Crippen LogP contribution in [0.15, 0.2) is 97.1 Å². The number of para-hydroxylation sites is 2. The van der Waals surface area contributed by atoms with Gasteiger partial charge in [-0.05, 0) is 96.1 Å². The highest BCUT2D eigenvalue weighted by Gasteiger charge is 2.14. The molecule has 0 amide bonds. The van der Waals surface area contributed by atoms with Gasteiger partial charge >= 0.3 is 0 Å². The first-order chi connectivity index (χ1) is 18.7. The van der Waals surface area contributed by atoms with E-state index in [1.165, 1.54) is 11.1 Å². The first-order valence-corrected chi connectivity index (χ1v) is 12.6. The van der Waals surface area contributed by atoms with E-state index in [0.717, 1.165) is 62.8 Å². The predicted molar refractivity (Wildman–Crippen MR) is 155 cm³/mol. The fraction of sp³-hybridized carbons (Fsp3) is 0.0303. The molecule has 8 rings (SSSR count). The molecule has 0 saturated carbocycles. The van der Waals surface area contributed by atoms with Crippen LogP contribution in [-0.4, -0.2) is 19.9 Å². The molecular formula is C33H24N4O. The lowest BCUT2D eigenvalue weighted by Crippen LogP contribution is -2.01. The summed E-state index contributed by atoms with van der Waals surface area (Å²) in [4.78, 5) is 16.0. The number of benzene rings is 2. The maximum atomic E-state index is 5.78. The number of H-pyrrole nitrogens is 2. The zero-order valence-corrected chi connectivity index (χ0v) is 20.6. The van der Waals surface area contributed by atoms with Crippen molar-refractivity contribution in [1.29, 1.82) is 0 Å². The predicted octanol–water partition coefficient (Wildman–Crippen LogP) is 8.04. The highest BCUT2D eigenvalue weighted by Crippen LogP contribution is 2.35. The molecule has 0 aliphatic carbocycles. The molecular weight excluding hydrogens is 468 g/mol. The summed E-state index contributed by atoms with van der Waals surface area (Å²) in [5.74, 6) is 1.98. The van der Waals surface area contributed by atoms with Crippen molar-refractivity contribution in [3.05, 3.63) is 131 Å². The summed E-state index contributed by atoms with van der Waals surface area (Å²) < 4.78 is 5.78. The lowest BCUT2D eigenvalue weighted by Gasteiger charge is -2.19. The van der Waals surface area contributed by atoms with Crippen molar-refractivity contribution in [1.82, 2.24) is 19.9 Å².